The van der Waals surface area contributed by atoms with Crippen LogP contribution in [0.4, 0.5) is 0 Å². The summed E-state index contributed by atoms with van der Waals surface area (Å²) >= 11 is 5.94. The molecular weight excluding hydrogens is 282 g/mol. The molecule has 110 valence electrons. The highest BCUT2D eigenvalue weighted by Gasteiger charge is 2.46. The number of hydrogen-bond acceptors (Lipinski definition) is 2. The molecule has 0 saturated heterocycles. The summed E-state index contributed by atoms with van der Waals surface area (Å²) < 4.78 is 2.30. The average molecular weight is 302 g/mol. The monoisotopic (exact) mass is 301 g/mol. The van der Waals surface area contributed by atoms with E-state index in [1.54, 1.807) is 0 Å². The van der Waals surface area contributed by atoms with Gasteiger partial charge < -0.3 is 4.57 Å². The molecule has 3 rings (SSSR count). The Bertz CT molecular complexity index is 705. The molecule has 0 unspecified atom stereocenters. The lowest BCUT2D eigenvalue weighted by molar-refractivity contribution is 0.309. The number of rotatable bonds is 5. The molecule has 1 saturated carbocycles. The fourth-order valence-corrected chi connectivity index (χ4v) is 3.30. The molecule has 0 N–H and O–H groups in total. The van der Waals surface area contributed by atoms with Crippen LogP contribution in [0.2, 0.25) is 0 Å². The normalized spacial score (nSPS) is 16.3. The van der Waals surface area contributed by atoms with E-state index in [0.717, 1.165) is 29.8 Å². The molecule has 1 heterocycles. The van der Waals surface area contributed by atoms with E-state index >= 15 is 0 Å². The molecular formula is C17H20ClN3. The molecule has 1 aliphatic carbocycles. The van der Waals surface area contributed by atoms with E-state index in [1.807, 2.05) is 12.1 Å². The molecule has 1 aromatic heterocycles. The molecule has 21 heavy (non-hydrogen) atoms. The van der Waals surface area contributed by atoms with Crippen molar-refractivity contribution in [2.45, 2.75) is 39.7 Å². The summed E-state index contributed by atoms with van der Waals surface area (Å²) in [6, 6.07) is 8.09. The third kappa shape index (κ3) is 2.42. The average Bonchev–Trinajstić information content (AvgIpc) is 3.18. The van der Waals surface area contributed by atoms with Crippen LogP contribution in [0, 0.1) is 22.7 Å². The van der Waals surface area contributed by atoms with E-state index in [0.29, 0.717) is 22.8 Å². The number of aromatic nitrogens is 2. The molecule has 0 radical (unpaired) electrons. The van der Waals surface area contributed by atoms with E-state index < -0.39 is 0 Å². The second kappa shape index (κ2) is 5.35. The number of para-hydroxylation sites is 1. The van der Waals surface area contributed by atoms with Crippen molar-refractivity contribution < 1.29 is 0 Å². The molecule has 4 heteroatoms. The smallest absolute Gasteiger partial charge is 0.111 e. The summed E-state index contributed by atoms with van der Waals surface area (Å²) in [6.45, 7) is 5.59. The maximum absolute atomic E-state index is 9.27. The minimum atomic E-state index is 0.400. The quantitative estimate of drug-likeness (QED) is 0.779. The van der Waals surface area contributed by atoms with Crippen molar-refractivity contribution in [3.05, 3.63) is 29.6 Å². The molecule has 0 aliphatic heterocycles. The van der Waals surface area contributed by atoms with Gasteiger partial charge in [0, 0.05) is 18.8 Å². The van der Waals surface area contributed by atoms with Gasteiger partial charge in [-0.1, -0.05) is 19.9 Å². The first-order chi connectivity index (χ1) is 10.1. The van der Waals surface area contributed by atoms with Gasteiger partial charge in [0.1, 0.15) is 17.4 Å². The third-order valence-electron chi connectivity index (χ3n) is 4.89. The summed E-state index contributed by atoms with van der Waals surface area (Å²) in [6.07, 6.45) is 3.31. The topological polar surface area (TPSA) is 41.6 Å². The van der Waals surface area contributed by atoms with Crippen molar-refractivity contribution in [3.8, 4) is 6.07 Å². The molecule has 2 aromatic rings. The van der Waals surface area contributed by atoms with Crippen LogP contribution in [0.5, 0.6) is 0 Å². The Morgan fingerprint density at radius 2 is 2.19 bits per heavy atom. The zero-order chi connectivity index (χ0) is 15.0. The van der Waals surface area contributed by atoms with Gasteiger partial charge in [0.2, 0.25) is 0 Å². The zero-order valence-corrected chi connectivity index (χ0v) is 13.3. The first-order valence-corrected chi connectivity index (χ1v) is 8.09. The first kappa shape index (κ1) is 14.4. The van der Waals surface area contributed by atoms with Crippen LogP contribution < -0.4 is 0 Å². The van der Waals surface area contributed by atoms with Crippen molar-refractivity contribution in [1.82, 2.24) is 9.55 Å². The van der Waals surface area contributed by atoms with Crippen molar-refractivity contribution >= 4 is 22.6 Å². The zero-order valence-electron chi connectivity index (χ0n) is 12.6. The number of halogens is 1. The van der Waals surface area contributed by atoms with Gasteiger partial charge in [0.25, 0.3) is 0 Å². The van der Waals surface area contributed by atoms with E-state index in [9.17, 15) is 5.26 Å². The second-order valence-corrected chi connectivity index (χ2v) is 6.73. The Morgan fingerprint density at radius 3 is 2.76 bits per heavy atom. The van der Waals surface area contributed by atoms with Crippen LogP contribution >= 0.6 is 11.6 Å². The molecule has 0 atom stereocenters. The third-order valence-corrected chi connectivity index (χ3v) is 5.08. The predicted molar refractivity (Wildman–Crippen MR) is 85.4 cm³/mol. The number of benzene rings is 1. The largest absolute Gasteiger partial charge is 0.327 e. The van der Waals surface area contributed by atoms with Crippen molar-refractivity contribution in [2.24, 2.45) is 11.3 Å². The lowest BCUT2D eigenvalue weighted by Crippen LogP contribution is -2.19. The van der Waals surface area contributed by atoms with Gasteiger partial charge in [-0.15, -0.1) is 11.6 Å². The highest BCUT2D eigenvalue weighted by atomic mass is 35.5. The van der Waals surface area contributed by atoms with Gasteiger partial charge in [0.05, 0.1) is 11.1 Å². The number of nitriles is 1. The van der Waals surface area contributed by atoms with Crippen LogP contribution in [-0.4, -0.2) is 15.4 Å². The Balaban J connectivity index is 2.11. The highest BCUT2D eigenvalue weighted by molar-refractivity contribution is 6.17. The number of hydrogen-bond donors (Lipinski definition) is 0. The fourth-order valence-electron chi connectivity index (χ4n) is 3.13. The summed E-state index contributed by atoms with van der Waals surface area (Å²) in [5, 5.41) is 9.27. The van der Waals surface area contributed by atoms with Gasteiger partial charge in [0.15, 0.2) is 0 Å². The number of imidazole rings is 1. The van der Waals surface area contributed by atoms with Crippen LogP contribution in [0.25, 0.3) is 11.0 Å². The molecule has 0 spiro atoms. The number of aryl methyl sites for hydroxylation is 1. The van der Waals surface area contributed by atoms with E-state index in [-0.39, 0.29) is 0 Å². The molecule has 3 nitrogen and oxygen atoms in total. The minimum absolute atomic E-state index is 0.400. The Kier molecular flexibility index (Phi) is 3.67. The Morgan fingerprint density at radius 1 is 1.43 bits per heavy atom. The standard InChI is InChI=1S/C17H20ClN3/c1-12(2)17(7-8-17)11-21-14-5-3-4-13(10-19)16(14)20-15(21)6-9-18/h3-5,12H,6-9,11H2,1-2H3. The maximum Gasteiger partial charge on any atom is 0.111 e. The van der Waals surface area contributed by atoms with Gasteiger partial charge in [-0.25, -0.2) is 4.98 Å². The SMILES string of the molecule is CC(C)C1(Cn2c(CCCl)nc3c(C#N)cccc32)CC1. The Hall–Kier alpha value is -1.53. The number of nitrogens with zero attached hydrogens (tertiary/aromatic N) is 3. The number of alkyl halides is 1. The van der Waals surface area contributed by atoms with Gasteiger partial charge in [-0.3, -0.25) is 0 Å². The minimum Gasteiger partial charge on any atom is -0.327 e. The van der Waals surface area contributed by atoms with Gasteiger partial charge in [-0.2, -0.15) is 5.26 Å². The molecule has 1 fully saturated rings. The van der Waals surface area contributed by atoms with Crippen LogP contribution in [0.15, 0.2) is 18.2 Å². The van der Waals surface area contributed by atoms with E-state index in [1.165, 1.54) is 12.8 Å². The van der Waals surface area contributed by atoms with E-state index in [4.69, 9.17) is 16.6 Å². The maximum atomic E-state index is 9.27. The molecule has 1 aliphatic rings. The lowest BCUT2D eigenvalue weighted by atomic mass is 9.92. The summed E-state index contributed by atoms with van der Waals surface area (Å²) in [7, 11) is 0. The second-order valence-electron chi connectivity index (χ2n) is 6.36. The highest BCUT2D eigenvalue weighted by Crippen LogP contribution is 2.53. The van der Waals surface area contributed by atoms with Crippen LogP contribution in [0.1, 0.15) is 38.1 Å². The predicted octanol–water partition coefficient (Wildman–Crippen LogP) is 4.13. The van der Waals surface area contributed by atoms with Crippen LogP contribution in [-0.2, 0) is 13.0 Å². The first-order valence-electron chi connectivity index (χ1n) is 7.55. The number of fused-ring (bicyclic) bond motifs is 1. The van der Waals surface area contributed by atoms with Crippen molar-refractivity contribution in [3.63, 3.8) is 0 Å². The summed E-state index contributed by atoms with van der Waals surface area (Å²) in [5.74, 6) is 2.23. The van der Waals surface area contributed by atoms with Gasteiger partial charge >= 0.3 is 0 Å². The van der Waals surface area contributed by atoms with Crippen molar-refractivity contribution in [2.75, 3.05) is 5.88 Å². The molecule has 1 aromatic carbocycles. The summed E-state index contributed by atoms with van der Waals surface area (Å²) in [4.78, 5) is 4.70. The molecule has 0 amide bonds. The van der Waals surface area contributed by atoms with Gasteiger partial charge in [-0.05, 0) is 36.3 Å². The lowest BCUT2D eigenvalue weighted by Gasteiger charge is -2.22. The van der Waals surface area contributed by atoms with E-state index in [2.05, 4.69) is 30.6 Å². The fraction of sp³-hybridized carbons (Fsp3) is 0.529. The Labute approximate surface area is 130 Å². The summed E-state index contributed by atoms with van der Waals surface area (Å²) in [5.41, 5.74) is 2.94. The molecule has 0 bridgehead atoms. The van der Waals surface area contributed by atoms with Crippen molar-refractivity contribution in [1.29, 1.82) is 5.26 Å². The van der Waals surface area contributed by atoms with Crippen LogP contribution in [0.3, 0.4) is 0 Å².